The van der Waals surface area contributed by atoms with E-state index in [0.29, 0.717) is 11.9 Å². The molecule has 1 atom stereocenters. The molecule has 1 amide bonds. The number of hydrogen-bond donors (Lipinski definition) is 0. The van der Waals surface area contributed by atoms with Crippen LogP contribution in [0.1, 0.15) is 50.7 Å². The zero-order valence-corrected chi connectivity index (χ0v) is 17.0. The summed E-state index contributed by atoms with van der Waals surface area (Å²) in [6, 6.07) is 4.34. The number of nitrogens with zero attached hydrogens (tertiary/aromatic N) is 4. The molecule has 0 N–H and O–H groups in total. The molecule has 4 rings (SSSR count). The minimum Gasteiger partial charge on any atom is -0.338 e. The summed E-state index contributed by atoms with van der Waals surface area (Å²) in [5.74, 6) is 0.810. The fourth-order valence-electron chi connectivity index (χ4n) is 4.04. The van der Waals surface area contributed by atoms with Crippen molar-refractivity contribution in [2.24, 2.45) is 0 Å². The molecule has 0 saturated carbocycles. The van der Waals surface area contributed by atoms with Crippen molar-refractivity contribution in [3.8, 4) is 0 Å². The van der Waals surface area contributed by atoms with Gasteiger partial charge >= 0.3 is 0 Å². The highest BCUT2D eigenvalue weighted by molar-refractivity contribution is 7.19. The van der Waals surface area contributed by atoms with Crippen molar-refractivity contribution >= 4 is 33.0 Å². The first-order valence-corrected chi connectivity index (χ1v) is 10.7. The van der Waals surface area contributed by atoms with Crippen molar-refractivity contribution in [3.63, 3.8) is 0 Å². The second-order valence-electron chi connectivity index (χ2n) is 7.35. The highest BCUT2D eigenvalue weighted by Gasteiger charge is 2.24. The minimum absolute atomic E-state index is 0.00941. The fourth-order valence-corrected chi connectivity index (χ4v) is 5.06. The van der Waals surface area contributed by atoms with Crippen LogP contribution in [0.3, 0.4) is 0 Å². The molecule has 1 aliphatic heterocycles. The molecule has 3 aromatic rings. The maximum absolute atomic E-state index is 13.0. The summed E-state index contributed by atoms with van der Waals surface area (Å²) in [5, 5.41) is 4.56. The van der Waals surface area contributed by atoms with E-state index in [0.717, 1.165) is 48.3 Å². The van der Waals surface area contributed by atoms with Gasteiger partial charge in [0.25, 0.3) is 5.56 Å². The average molecular weight is 387 g/mol. The molecule has 0 aromatic carbocycles. The first kappa shape index (κ1) is 18.2. The number of rotatable bonds is 4. The Hall–Kier alpha value is -2.15. The van der Waals surface area contributed by atoms with Gasteiger partial charge in [-0.15, -0.1) is 11.3 Å². The zero-order valence-electron chi connectivity index (χ0n) is 16.2. The average Bonchev–Trinajstić information content (AvgIpc) is 3.22. The second kappa shape index (κ2) is 7.11. The van der Waals surface area contributed by atoms with Gasteiger partial charge in [0.2, 0.25) is 5.91 Å². The molecule has 0 aliphatic carbocycles. The largest absolute Gasteiger partial charge is 0.338 e. The Morgan fingerprint density at radius 2 is 2.04 bits per heavy atom. The molecule has 1 aliphatic rings. The Balaban J connectivity index is 1.76. The van der Waals surface area contributed by atoms with Crippen LogP contribution in [0.4, 0.5) is 0 Å². The van der Waals surface area contributed by atoms with Gasteiger partial charge in [0.1, 0.15) is 17.9 Å². The van der Waals surface area contributed by atoms with Crippen LogP contribution >= 0.6 is 11.3 Å². The first-order valence-electron chi connectivity index (χ1n) is 9.86. The molecule has 1 saturated heterocycles. The molecule has 4 heterocycles. The van der Waals surface area contributed by atoms with Gasteiger partial charge in [0.05, 0.1) is 10.2 Å². The van der Waals surface area contributed by atoms with Crippen LogP contribution in [0, 0.1) is 0 Å². The summed E-state index contributed by atoms with van der Waals surface area (Å²) >= 11 is 1.72. The summed E-state index contributed by atoms with van der Waals surface area (Å²) < 4.78 is 4.44. The highest BCUT2D eigenvalue weighted by atomic mass is 32.1. The molecule has 0 radical (unpaired) electrons. The van der Waals surface area contributed by atoms with Crippen LogP contribution in [-0.2, 0) is 24.2 Å². The lowest BCUT2D eigenvalue weighted by atomic mass is 10.0. The summed E-state index contributed by atoms with van der Waals surface area (Å²) in [6.45, 7) is 7.05. The number of amides is 1. The summed E-state index contributed by atoms with van der Waals surface area (Å²) in [6.07, 6.45) is 4.91. The van der Waals surface area contributed by atoms with Crippen molar-refractivity contribution in [2.45, 2.75) is 65.5 Å². The van der Waals surface area contributed by atoms with E-state index in [-0.39, 0.29) is 24.1 Å². The maximum Gasteiger partial charge on any atom is 0.291 e. The topological polar surface area (TPSA) is 59.6 Å². The quantitative estimate of drug-likeness (QED) is 0.692. The van der Waals surface area contributed by atoms with E-state index in [2.05, 4.69) is 25.0 Å². The molecule has 144 valence electrons. The van der Waals surface area contributed by atoms with Crippen LogP contribution in [0.5, 0.6) is 0 Å². The van der Waals surface area contributed by atoms with Crippen molar-refractivity contribution < 1.29 is 4.79 Å². The van der Waals surface area contributed by atoms with E-state index < -0.39 is 0 Å². The van der Waals surface area contributed by atoms with Crippen LogP contribution in [-0.4, -0.2) is 37.6 Å². The third kappa shape index (κ3) is 3.08. The Morgan fingerprint density at radius 1 is 1.22 bits per heavy atom. The lowest BCUT2D eigenvalue weighted by Gasteiger charge is -2.33. The van der Waals surface area contributed by atoms with E-state index in [1.54, 1.807) is 11.3 Å². The second-order valence-corrected chi connectivity index (χ2v) is 8.51. The summed E-state index contributed by atoms with van der Waals surface area (Å²) in [7, 11) is 0. The van der Waals surface area contributed by atoms with E-state index in [9.17, 15) is 9.59 Å². The molecule has 0 spiro atoms. The molecule has 0 bridgehead atoms. The Labute approximate surface area is 162 Å². The normalized spacial score (nSPS) is 17.9. The van der Waals surface area contributed by atoms with E-state index in [1.807, 2.05) is 22.3 Å². The van der Waals surface area contributed by atoms with Gasteiger partial charge in [-0.3, -0.25) is 14.0 Å². The number of carbonyl (C=O) groups excluding carboxylic acids is 1. The maximum atomic E-state index is 13.0. The number of likely N-dealkylation sites (tertiary alicyclic amines) is 1. The van der Waals surface area contributed by atoms with Crippen molar-refractivity contribution in [3.05, 3.63) is 33.2 Å². The van der Waals surface area contributed by atoms with Gasteiger partial charge in [0.15, 0.2) is 0 Å². The number of hydrogen-bond acceptors (Lipinski definition) is 4. The third-order valence-corrected chi connectivity index (χ3v) is 6.78. The predicted molar refractivity (Wildman–Crippen MR) is 109 cm³/mol. The van der Waals surface area contributed by atoms with Crippen molar-refractivity contribution in [1.29, 1.82) is 0 Å². The number of thiophene rings is 1. The molecule has 7 heteroatoms. The number of aryl methyl sites for hydroxylation is 2. The monoisotopic (exact) mass is 386 g/mol. The van der Waals surface area contributed by atoms with Gasteiger partial charge in [0, 0.05) is 23.9 Å². The van der Waals surface area contributed by atoms with Gasteiger partial charge in [-0.2, -0.15) is 5.10 Å². The van der Waals surface area contributed by atoms with E-state index in [1.165, 1.54) is 9.56 Å². The van der Waals surface area contributed by atoms with Crippen LogP contribution < -0.4 is 5.56 Å². The van der Waals surface area contributed by atoms with Gasteiger partial charge in [-0.1, -0.05) is 13.8 Å². The number of piperidine rings is 1. The van der Waals surface area contributed by atoms with Gasteiger partial charge in [-0.05, 0) is 44.7 Å². The molecular formula is C20H26N4O2S. The minimum atomic E-state index is -0.188. The Bertz CT molecular complexity index is 1060. The molecule has 1 unspecified atom stereocenters. The first-order chi connectivity index (χ1) is 13.0. The van der Waals surface area contributed by atoms with Crippen LogP contribution in [0.2, 0.25) is 0 Å². The highest BCUT2D eigenvalue weighted by Crippen LogP contribution is 2.29. The molecule has 3 aromatic heterocycles. The van der Waals surface area contributed by atoms with E-state index in [4.69, 9.17) is 0 Å². The smallest absolute Gasteiger partial charge is 0.291 e. The number of carbonyl (C=O) groups is 1. The predicted octanol–water partition coefficient (Wildman–Crippen LogP) is 3.24. The summed E-state index contributed by atoms with van der Waals surface area (Å²) in [4.78, 5) is 29.0. The van der Waals surface area contributed by atoms with Crippen molar-refractivity contribution in [2.75, 3.05) is 6.54 Å². The van der Waals surface area contributed by atoms with Gasteiger partial charge in [-0.25, -0.2) is 4.68 Å². The SMILES string of the molecule is CCc1cc2c(cc3c(=O)n(CC(=O)N4CCCCC4C)nc(CC)n32)s1. The van der Waals surface area contributed by atoms with Crippen LogP contribution in [0.15, 0.2) is 16.9 Å². The standard InChI is InChI=1S/C20H26N4O2S/c1-4-14-10-15-17(27-14)11-16-20(26)23(21-18(5-2)24(15)16)12-19(25)22-9-7-6-8-13(22)3/h10-11,13H,4-9,12H2,1-3H3. The molecule has 6 nitrogen and oxygen atoms in total. The van der Waals surface area contributed by atoms with Crippen LogP contribution in [0.25, 0.3) is 15.7 Å². The lowest BCUT2D eigenvalue weighted by molar-refractivity contribution is -0.135. The Morgan fingerprint density at radius 3 is 2.74 bits per heavy atom. The van der Waals surface area contributed by atoms with Crippen molar-refractivity contribution in [1.82, 2.24) is 19.1 Å². The summed E-state index contributed by atoms with van der Waals surface area (Å²) in [5.41, 5.74) is 1.48. The number of fused-ring (bicyclic) bond motifs is 3. The lowest BCUT2D eigenvalue weighted by Crippen LogP contribution is -2.45. The Kier molecular flexibility index (Phi) is 4.80. The number of aromatic nitrogens is 3. The molecule has 27 heavy (non-hydrogen) atoms. The molecular weight excluding hydrogens is 360 g/mol. The van der Waals surface area contributed by atoms with Gasteiger partial charge < -0.3 is 4.90 Å². The third-order valence-electron chi connectivity index (χ3n) is 5.56. The van der Waals surface area contributed by atoms with E-state index >= 15 is 0 Å². The zero-order chi connectivity index (χ0) is 19.1. The fraction of sp³-hybridized carbons (Fsp3) is 0.550. The molecule has 1 fully saturated rings.